The highest BCUT2D eigenvalue weighted by molar-refractivity contribution is 7.91. The normalized spacial score (nSPS) is 14.6. The summed E-state index contributed by atoms with van der Waals surface area (Å²) in [5.74, 6) is 0.657. The highest BCUT2D eigenvalue weighted by Crippen LogP contribution is 2.32. The van der Waals surface area contributed by atoms with Crippen LogP contribution in [0.5, 0.6) is 5.75 Å². The molecule has 0 spiro atoms. The smallest absolute Gasteiger partial charge is 0.224 e. The molecule has 5 rings (SSSR count). The molecule has 0 aliphatic carbocycles. The van der Waals surface area contributed by atoms with Crippen molar-refractivity contribution in [2.45, 2.75) is 29.2 Å². The molecule has 0 atom stereocenters. The quantitative estimate of drug-likeness (QED) is 0.390. The number of likely N-dealkylation sites (tertiary alicyclic amines) is 1. The van der Waals surface area contributed by atoms with E-state index in [0.717, 1.165) is 18.4 Å². The second-order valence-electron chi connectivity index (χ2n) is 7.96. The van der Waals surface area contributed by atoms with Crippen molar-refractivity contribution < 1.29 is 13.2 Å². The van der Waals surface area contributed by atoms with Crippen LogP contribution in [-0.4, -0.2) is 49.8 Å². The van der Waals surface area contributed by atoms with E-state index in [0.29, 0.717) is 28.6 Å². The van der Waals surface area contributed by atoms with Crippen molar-refractivity contribution in [2.75, 3.05) is 26.2 Å². The summed E-state index contributed by atoms with van der Waals surface area (Å²) in [5, 5.41) is 9.19. The van der Waals surface area contributed by atoms with Crippen molar-refractivity contribution in [2.24, 2.45) is 0 Å². The number of benzene rings is 3. The fourth-order valence-electron chi connectivity index (χ4n) is 4.28. The lowest BCUT2D eigenvalue weighted by molar-refractivity contribution is 0.263. The first kappa shape index (κ1) is 22.6. The lowest BCUT2D eigenvalue weighted by Crippen LogP contribution is -2.21. The van der Waals surface area contributed by atoms with Gasteiger partial charge in [0.25, 0.3) is 0 Å². The lowest BCUT2D eigenvalue weighted by atomic mass is 10.1. The number of hydrogen-bond donors (Lipinski definition) is 1. The predicted molar refractivity (Wildman–Crippen MR) is 129 cm³/mol. The van der Waals surface area contributed by atoms with Crippen LogP contribution in [0.2, 0.25) is 0 Å². The van der Waals surface area contributed by atoms with Crippen molar-refractivity contribution in [1.82, 2.24) is 15.1 Å². The topological polar surface area (TPSA) is 75.3 Å². The number of hydrogen-bond acceptors (Lipinski definition) is 5. The fraction of sp³-hybridized carbons (Fsp3) is 0.292. The van der Waals surface area contributed by atoms with Gasteiger partial charge in [-0.05, 0) is 62.0 Å². The molecule has 168 valence electrons. The van der Waals surface area contributed by atoms with E-state index < -0.39 is 9.84 Å². The Labute approximate surface area is 193 Å². The van der Waals surface area contributed by atoms with Gasteiger partial charge in [-0.15, -0.1) is 12.4 Å². The van der Waals surface area contributed by atoms with Crippen LogP contribution in [0.15, 0.2) is 70.6 Å². The van der Waals surface area contributed by atoms with Gasteiger partial charge in [0.15, 0.2) is 5.03 Å². The minimum atomic E-state index is -3.78. The molecular weight excluding hydrogens is 446 g/mol. The second kappa shape index (κ2) is 9.48. The van der Waals surface area contributed by atoms with Crippen LogP contribution in [0, 0.1) is 0 Å². The van der Waals surface area contributed by atoms with E-state index in [-0.39, 0.29) is 22.3 Å². The molecule has 1 aliphatic heterocycles. The fourth-order valence-corrected chi connectivity index (χ4v) is 5.86. The van der Waals surface area contributed by atoms with E-state index in [9.17, 15) is 8.42 Å². The summed E-state index contributed by atoms with van der Waals surface area (Å²) in [6.45, 7) is 3.99. The Bertz CT molecular complexity index is 1330. The molecule has 4 aromatic rings. The summed E-state index contributed by atoms with van der Waals surface area (Å²) in [6.07, 6.45) is 3.52. The molecule has 1 saturated heterocycles. The van der Waals surface area contributed by atoms with Crippen LogP contribution in [-0.2, 0) is 9.84 Å². The molecule has 32 heavy (non-hydrogen) atoms. The number of nitrogens with one attached hydrogen (secondary N) is 1. The minimum Gasteiger partial charge on any atom is -0.494 e. The van der Waals surface area contributed by atoms with E-state index >= 15 is 0 Å². The highest BCUT2D eigenvalue weighted by atomic mass is 35.5. The van der Waals surface area contributed by atoms with Crippen molar-refractivity contribution in [3.05, 3.63) is 60.7 Å². The van der Waals surface area contributed by atoms with Crippen LogP contribution in [0.1, 0.15) is 19.3 Å². The summed E-state index contributed by atoms with van der Waals surface area (Å²) in [7, 11) is -3.78. The van der Waals surface area contributed by atoms with Gasteiger partial charge in [0.1, 0.15) is 5.75 Å². The van der Waals surface area contributed by atoms with Crippen molar-refractivity contribution >= 4 is 43.9 Å². The largest absolute Gasteiger partial charge is 0.494 e. The zero-order valence-corrected chi connectivity index (χ0v) is 19.3. The third kappa shape index (κ3) is 4.33. The average molecular weight is 472 g/mol. The van der Waals surface area contributed by atoms with Crippen LogP contribution in [0.4, 0.5) is 0 Å². The molecule has 1 N–H and O–H groups in total. The number of aromatic amines is 1. The Kier molecular flexibility index (Phi) is 6.69. The summed E-state index contributed by atoms with van der Waals surface area (Å²) in [6, 6.07) is 18.2. The predicted octanol–water partition coefficient (Wildman–Crippen LogP) is 4.84. The highest BCUT2D eigenvalue weighted by Gasteiger charge is 2.25. The molecule has 0 amide bonds. The van der Waals surface area contributed by atoms with Crippen LogP contribution in [0.3, 0.4) is 0 Å². The van der Waals surface area contributed by atoms with Crippen molar-refractivity contribution in [3.63, 3.8) is 0 Å². The van der Waals surface area contributed by atoms with E-state index in [4.69, 9.17) is 4.74 Å². The van der Waals surface area contributed by atoms with Crippen LogP contribution < -0.4 is 4.74 Å². The number of fused-ring (bicyclic) bond motifs is 2. The van der Waals surface area contributed by atoms with Gasteiger partial charge in [0.05, 0.1) is 17.0 Å². The number of halogens is 1. The standard InChI is InChI=1S/C24H25N3O3S.ClH/c28-31(29,23-10-5-8-18-7-1-2-9-20(18)23)24-21-17-19(11-12-22(21)25-26-24)30-16-6-15-27-13-3-4-14-27;/h1-2,5,7-12,17H,3-4,6,13-16H2,(H,25,26);1H. The molecule has 1 aromatic heterocycles. The molecule has 0 bridgehead atoms. The number of aromatic nitrogens is 2. The van der Waals surface area contributed by atoms with Crippen molar-refractivity contribution in [3.8, 4) is 5.75 Å². The van der Waals surface area contributed by atoms with Crippen LogP contribution in [0.25, 0.3) is 21.7 Å². The summed E-state index contributed by atoms with van der Waals surface area (Å²) in [4.78, 5) is 2.73. The molecule has 1 fully saturated rings. The molecule has 6 nitrogen and oxygen atoms in total. The van der Waals surface area contributed by atoms with Crippen molar-refractivity contribution in [1.29, 1.82) is 0 Å². The Hall–Kier alpha value is -2.61. The lowest BCUT2D eigenvalue weighted by Gasteiger charge is -2.14. The monoisotopic (exact) mass is 471 g/mol. The second-order valence-corrected chi connectivity index (χ2v) is 9.82. The number of sulfone groups is 1. The maximum absolute atomic E-state index is 13.5. The Morgan fingerprint density at radius 1 is 0.969 bits per heavy atom. The van der Waals surface area contributed by atoms with E-state index in [1.54, 1.807) is 24.3 Å². The summed E-state index contributed by atoms with van der Waals surface area (Å²) >= 11 is 0. The van der Waals surface area contributed by atoms with Crippen LogP contribution >= 0.6 is 12.4 Å². The van der Waals surface area contributed by atoms with Gasteiger partial charge >= 0.3 is 0 Å². The first-order chi connectivity index (χ1) is 15.1. The van der Waals surface area contributed by atoms with Gasteiger partial charge in [0, 0.05) is 17.3 Å². The molecule has 8 heteroatoms. The molecule has 0 unspecified atom stereocenters. The number of ether oxygens (including phenoxy) is 1. The van der Waals surface area contributed by atoms with Gasteiger partial charge in [-0.3, -0.25) is 5.10 Å². The van der Waals surface area contributed by atoms with E-state index in [2.05, 4.69) is 15.1 Å². The first-order valence-corrected chi connectivity index (χ1v) is 12.2. The zero-order chi connectivity index (χ0) is 21.3. The Morgan fingerprint density at radius 2 is 1.75 bits per heavy atom. The minimum absolute atomic E-state index is 0. The molecule has 3 aromatic carbocycles. The SMILES string of the molecule is Cl.O=S(=O)(c1cccc2ccccc12)c1[nH]nc2ccc(OCCCN3CCCC3)cc12. The zero-order valence-electron chi connectivity index (χ0n) is 17.7. The molecule has 0 saturated carbocycles. The molecule has 1 aliphatic rings. The van der Waals surface area contributed by atoms with E-state index in [1.165, 1.54) is 25.9 Å². The Morgan fingerprint density at radius 3 is 2.59 bits per heavy atom. The maximum atomic E-state index is 13.5. The summed E-state index contributed by atoms with van der Waals surface area (Å²) in [5.41, 5.74) is 0.600. The van der Waals surface area contributed by atoms with Gasteiger partial charge in [0.2, 0.25) is 9.84 Å². The molecule has 0 radical (unpaired) electrons. The maximum Gasteiger partial charge on any atom is 0.224 e. The number of H-pyrrole nitrogens is 1. The van der Waals surface area contributed by atoms with Gasteiger partial charge in [-0.1, -0.05) is 36.4 Å². The first-order valence-electron chi connectivity index (χ1n) is 10.7. The number of rotatable bonds is 7. The molecular formula is C24H26ClN3O3S. The third-order valence-corrected chi connectivity index (χ3v) is 7.67. The van der Waals surface area contributed by atoms with Gasteiger partial charge in [-0.25, -0.2) is 8.42 Å². The summed E-state index contributed by atoms with van der Waals surface area (Å²) < 4.78 is 33.0. The number of nitrogens with zero attached hydrogens (tertiary/aromatic N) is 2. The van der Waals surface area contributed by atoms with Gasteiger partial charge in [-0.2, -0.15) is 5.10 Å². The molecule has 2 heterocycles. The van der Waals surface area contributed by atoms with Gasteiger partial charge < -0.3 is 9.64 Å². The Balaban J connectivity index is 0.00000245. The average Bonchev–Trinajstić information content (AvgIpc) is 3.46. The third-order valence-electron chi connectivity index (χ3n) is 5.88. The van der Waals surface area contributed by atoms with E-state index in [1.807, 2.05) is 36.4 Å².